The zero-order valence-corrected chi connectivity index (χ0v) is 21.6. The average Bonchev–Trinajstić information content (AvgIpc) is 3.38. The number of allylic oxidation sites excluding steroid dienone is 1. The number of aliphatic carboxylic acids is 1. The molecule has 1 saturated heterocycles. The minimum absolute atomic E-state index is 0.0214. The Morgan fingerprint density at radius 3 is 2.74 bits per heavy atom. The molecule has 4 fully saturated rings. The van der Waals surface area contributed by atoms with Crippen LogP contribution in [0, 0.1) is 45.8 Å². The minimum Gasteiger partial charge on any atom is -0.481 e. The molecule has 7 heteroatoms. The van der Waals surface area contributed by atoms with Crippen LogP contribution in [0.3, 0.4) is 0 Å². The fourth-order valence-electron chi connectivity index (χ4n) is 9.10. The van der Waals surface area contributed by atoms with E-state index in [1.165, 1.54) is 0 Å². The van der Waals surface area contributed by atoms with E-state index >= 15 is 0 Å². The van der Waals surface area contributed by atoms with E-state index in [9.17, 15) is 14.7 Å². The lowest BCUT2D eigenvalue weighted by Gasteiger charge is -2.58. The lowest BCUT2D eigenvalue weighted by Crippen LogP contribution is -2.64. The van der Waals surface area contributed by atoms with Gasteiger partial charge in [-0.15, -0.1) is 6.58 Å². The van der Waals surface area contributed by atoms with Crippen LogP contribution in [0.1, 0.15) is 53.4 Å². The van der Waals surface area contributed by atoms with E-state index in [4.69, 9.17) is 14.3 Å². The molecule has 0 aromatic carbocycles. The van der Waals surface area contributed by atoms with Gasteiger partial charge in [-0.3, -0.25) is 9.63 Å². The number of morpholine rings is 1. The number of nitrogens with zero attached hydrogens (tertiary/aromatic N) is 1. The Morgan fingerprint density at radius 1 is 1.31 bits per heavy atom. The maximum Gasteiger partial charge on any atom is 0.315 e. The number of carboxylic acids is 1. The highest BCUT2D eigenvalue weighted by atomic mass is 16.7. The Hall–Kier alpha value is -1.54. The first-order valence-electron chi connectivity index (χ1n) is 13.3. The van der Waals surface area contributed by atoms with Crippen LogP contribution in [-0.4, -0.2) is 61.1 Å². The molecule has 0 amide bonds. The van der Waals surface area contributed by atoms with Crippen molar-refractivity contribution in [2.75, 3.05) is 26.3 Å². The Bertz CT molecular complexity index is 917. The molecule has 0 spiro atoms. The lowest BCUT2D eigenvalue weighted by molar-refractivity contribution is -0.289. The van der Waals surface area contributed by atoms with Gasteiger partial charge in [-0.1, -0.05) is 44.9 Å². The molecular weight excluding hydrogens is 446 g/mol. The monoisotopic (exact) mass is 487 g/mol. The second kappa shape index (κ2) is 8.79. The Morgan fingerprint density at radius 2 is 2.09 bits per heavy atom. The molecule has 0 aromatic heterocycles. The summed E-state index contributed by atoms with van der Waals surface area (Å²) in [6.45, 7) is 13.9. The molecule has 35 heavy (non-hydrogen) atoms. The number of fused-ring (bicyclic) bond motifs is 2. The van der Waals surface area contributed by atoms with Crippen LogP contribution in [0.15, 0.2) is 24.3 Å². The number of carbonyl (C=O) groups is 2. The van der Waals surface area contributed by atoms with Crippen molar-refractivity contribution >= 4 is 12.3 Å². The van der Waals surface area contributed by atoms with Crippen LogP contribution in [0.25, 0.3) is 0 Å². The van der Waals surface area contributed by atoms with Crippen LogP contribution < -0.4 is 0 Å². The van der Waals surface area contributed by atoms with Crippen molar-refractivity contribution in [3.05, 3.63) is 24.3 Å². The molecule has 5 rings (SSSR count). The molecule has 1 unspecified atom stereocenters. The quantitative estimate of drug-likeness (QED) is 0.387. The number of carbonyl (C=O) groups excluding carboxylic acids is 1. The van der Waals surface area contributed by atoms with Crippen LogP contribution >= 0.6 is 0 Å². The maximum absolute atomic E-state index is 13.5. The molecule has 3 saturated carbocycles. The van der Waals surface area contributed by atoms with Gasteiger partial charge < -0.3 is 19.4 Å². The molecule has 1 N–H and O–H groups in total. The highest BCUT2D eigenvalue weighted by Crippen LogP contribution is 2.82. The normalized spacial score (nSPS) is 46.5. The Labute approximate surface area is 208 Å². The van der Waals surface area contributed by atoms with Crippen LogP contribution in [0.4, 0.5) is 0 Å². The van der Waals surface area contributed by atoms with Crippen LogP contribution in [-0.2, 0) is 23.9 Å². The fraction of sp³-hybridized carbons (Fsp3) is 0.786. The third-order valence-corrected chi connectivity index (χ3v) is 10.2. The van der Waals surface area contributed by atoms with Gasteiger partial charge >= 0.3 is 5.97 Å². The highest BCUT2D eigenvalue weighted by Gasteiger charge is 2.84. The van der Waals surface area contributed by atoms with Gasteiger partial charge in [0.25, 0.3) is 0 Å². The number of rotatable bonds is 9. The summed E-state index contributed by atoms with van der Waals surface area (Å²) in [5.74, 6) is 0.186. The first-order chi connectivity index (χ1) is 16.7. The van der Waals surface area contributed by atoms with E-state index < -0.39 is 28.5 Å². The fourth-order valence-corrected chi connectivity index (χ4v) is 9.10. The molecule has 0 radical (unpaired) electrons. The third kappa shape index (κ3) is 3.24. The topological polar surface area (TPSA) is 85.3 Å². The van der Waals surface area contributed by atoms with E-state index in [1.807, 2.05) is 12.0 Å². The average molecular weight is 488 g/mol. The van der Waals surface area contributed by atoms with E-state index in [2.05, 4.69) is 33.4 Å². The summed E-state index contributed by atoms with van der Waals surface area (Å²) in [4.78, 5) is 32.4. The predicted octanol–water partition coefficient (Wildman–Crippen LogP) is 4.09. The summed E-state index contributed by atoms with van der Waals surface area (Å²) in [7, 11) is 0. The standard InChI is InChI=1S/C28H41NO6/c1-6-9-34-29-13-19(5)35-24(14-29)33-16-27-12-21-18(4)7-8-22(21)26(15-30)11-20(27)10-23(17(2)3)28(26,27)25(31)32/h6,10,15,17-22,24H,1,7-9,11-14,16H2,2-5H3,(H,31,32)/t18-,19-,20+,21-,22-,24-,26+,27?,28+/m1/s1. The summed E-state index contributed by atoms with van der Waals surface area (Å²) < 4.78 is 12.6. The van der Waals surface area contributed by atoms with Crippen molar-refractivity contribution in [2.24, 2.45) is 45.8 Å². The maximum atomic E-state index is 13.5. The second-order valence-electron chi connectivity index (χ2n) is 12.1. The van der Waals surface area contributed by atoms with Crippen molar-refractivity contribution < 1.29 is 29.0 Å². The Balaban J connectivity index is 1.52. The largest absolute Gasteiger partial charge is 0.481 e. The van der Waals surface area contributed by atoms with Gasteiger partial charge in [0.1, 0.15) is 11.7 Å². The molecule has 194 valence electrons. The number of hydroxylamine groups is 2. The van der Waals surface area contributed by atoms with E-state index in [0.717, 1.165) is 31.1 Å². The molecule has 7 nitrogen and oxygen atoms in total. The van der Waals surface area contributed by atoms with Gasteiger partial charge in [0.15, 0.2) is 6.29 Å². The van der Waals surface area contributed by atoms with Crippen LogP contribution in [0.5, 0.6) is 0 Å². The number of aldehydes is 1. The van der Waals surface area contributed by atoms with Crippen molar-refractivity contribution in [3.8, 4) is 0 Å². The molecule has 4 aliphatic carbocycles. The summed E-state index contributed by atoms with van der Waals surface area (Å²) in [6.07, 6.45) is 7.79. The van der Waals surface area contributed by atoms with Gasteiger partial charge in [0.2, 0.25) is 0 Å². The highest BCUT2D eigenvalue weighted by molar-refractivity contribution is 5.90. The van der Waals surface area contributed by atoms with E-state index in [0.29, 0.717) is 38.0 Å². The molecular formula is C28H41NO6. The molecule has 9 atom stereocenters. The number of hydrogen-bond acceptors (Lipinski definition) is 6. The SMILES string of the molecule is C=CCON1C[C@H](OCC23C[C@@H]4[C@H](C)CC[C@H]4[C@@]4(C=O)C[C@@H]2C=C(C(C)C)[C@@]34C(=O)O)O[C@H](C)C1. The molecule has 5 aliphatic rings. The number of hydrogen-bond donors (Lipinski definition) is 1. The lowest BCUT2D eigenvalue weighted by atomic mass is 9.43. The summed E-state index contributed by atoms with van der Waals surface area (Å²) >= 11 is 0. The van der Waals surface area contributed by atoms with E-state index in [1.54, 1.807) is 6.08 Å². The molecule has 4 bridgehead atoms. The number of carboxylic acid groups (broad SMARTS) is 1. The molecule has 1 aliphatic heterocycles. The summed E-state index contributed by atoms with van der Waals surface area (Å²) in [5, 5.41) is 12.9. The smallest absolute Gasteiger partial charge is 0.315 e. The van der Waals surface area contributed by atoms with Gasteiger partial charge in [0.05, 0.1) is 37.8 Å². The first kappa shape index (κ1) is 25.1. The predicted molar refractivity (Wildman–Crippen MR) is 130 cm³/mol. The summed E-state index contributed by atoms with van der Waals surface area (Å²) in [5.41, 5.74) is -1.79. The zero-order valence-electron chi connectivity index (χ0n) is 21.6. The number of ether oxygens (including phenoxy) is 2. The van der Waals surface area contributed by atoms with E-state index in [-0.39, 0.29) is 30.5 Å². The third-order valence-electron chi connectivity index (χ3n) is 10.2. The summed E-state index contributed by atoms with van der Waals surface area (Å²) in [6, 6.07) is 0. The van der Waals surface area contributed by atoms with Crippen molar-refractivity contribution in [1.82, 2.24) is 5.06 Å². The van der Waals surface area contributed by atoms with Crippen LogP contribution in [0.2, 0.25) is 0 Å². The van der Waals surface area contributed by atoms with Gasteiger partial charge in [-0.25, -0.2) is 0 Å². The first-order valence-corrected chi connectivity index (χ1v) is 13.3. The van der Waals surface area contributed by atoms with Crippen molar-refractivity contribution in [3.63, 3.8) is 0 Å². The van der Waals surface area contributed by atoms with Gasteiger partial charge in [-0.2, -0.15) is 5.06 Å². The van der Waals surface area contributed by atoms with Gasteiger partial charge in [-0.05, 0) is 55.8 Å². The van der Waals surface area contributed by atoms with Gasteiger partial charge in [0, 0.05) is 5.41 Å². The molecule has 1 heterocycles. The van der Waals surface area contributed by atoms with Crippen molar-refractivity contribution in [2.45, 2.75) is 65.8 Å². The zero-order chi connectivity index (χ0) is 25.2. The Kier molecular flexibility index (Phi) is 6.31. The molecule has 0 aromatic rings. The van der Waals surface area contributed by atoms with Crippen molar-refractivity contribution in [1.29, 1.82) is 0 Å². The minimum atomic E-state index is -1.22. The second-order valence-corrected chi connectivity index (χ2v) is 12.1.